The molecule has 0 saturated heterocycles. The van der Waals surface area contributed by atoms with Crippen molar-refractivity contribution < 1.29 is 24.1 Å². The van der Waals surface area contributed by atoms with E-state index in [2.05, 4.69) is 0 Å². The van der Waals surface area contributed by atoms with E-state index in [-0.39, 0.29) is 10.6 Å². The van der Waals surface area contributed by atoms with Crippen LogP contribution in [-0.4, -0.2) is 28.4 Å². The van der Waals surface area contributed by atoms with Gasteiger partial charge in [-0.25, -0.2) is 9.18 Å². The fourth-order valence-electron chi connectivity index (χ4n) is 1.31. The third kappa shape index (κ3) is 3.66. The number of hydrogen-bond donors (Lipinski definition) is 2. The Bertz CT molecular complexity index is 436. The van der Waals surface area contributed by atoms with Gasteiger partial charge in [-0.2, -0.15) is 0 Å². The van der Waals surface area contributed by atoms with Crippen molar-refractivity contribution >= 4 is 17.6 Å². The second-order valence-electron chi connectivity index (χ2n) is 3.97. The molecule has 0 spiro atoms. The summed E-state index contributed by atoms with van der Waals surface area (Å²) < 4.78 is 18.8. The number of halogens is 2. The van der Waals surface area contributed by atoms with Gasteiger partial charge in [0.1, 0.15) is 5.82 Å². The Morgan fingerprint density at radius 2 is 2.06 bits per heavy atom. The van der Waals surface area contributed by atoms with Crippen LogP contribution in [0, 0.1) is 5.82 Å². The van der Waals surface area contributed by atoms with Gasteiger partial charge in [-0.3, -0.25) is 0 Å². The molecule has 0 saturated carbocycles. The van der Waals surface area contributed by atoms with Gasteiger partial charge in [0.15, 0.2) is 6.10 Å². The molecule has 4 nitrogen and oxygen atoms in total. The second kappa shape index (κ2) is 6.13. The molecule has 0 aromatic heterocycles. The number of rotatable bonds is 5. The predicted octanol–water partition coefficient (Wildman–Crippen LogP) is 2.39. The Hall–Kier alpha value is -1.17. The fourth-order valence-corrected chi connectivity index (χ4v) is 1.47. The highest BCUT2D eigenvalue weighted by Crippen LogP contribution is 2.25. The number of ether oxygens (including phenoxy) is 1. The summed E-state index contributed by atoms with van der Waals surface area (Å²) in [5, 5.41) is 18.5. The van der Waals surface area contributed by atoms with Gasteiger partial charge in [-0.15, -0.1) is 0 Å². The molecule has 18 heavy (non-hydrogen) atoms. The van der Waals surface area contributed by atoms with Crippen molar-refractivity contribution in [1.29, 1.82) is 0 Å². The molecule has 1 rings (SSSR count). The molecule has 1 aromatic carbocycles. The van der Waals surface area contributed by atoms with E-state index in [0.29, 0.717) is 0 Å². The minimum absolute atomic E-state index is 0.126. The summed E-state index contributed by atoms with van der Waals surface area (Å²) in [4.78, 5) is 11.1. The third-order valence-electron chi connectivity index (χ3n) is 2.50. The molecule has 0 aliphatic carbocycles. The van der Waals surface area contributed by atoms with Crippen LogP contribution >= 0.6 is 11.6 Å². The molecule has 0 bridgehead atoms. The highest BCUT2D eigenvalue weighted by atomic mass is 35.5. The van der Waals surface area contributed by atoms with Crippen molar-refractivity contribution in [2.45, 2.75) is 32.2 Å². The topological polar surface area (TPSA) is 66.8 Å². The smallest absolute Gasteiger partial charge is 0.337 e. The maximum absolute atomic E-state index is 13.6. The summed E-state index contributed by atoms with van der Waals surface area (Å²) in [6.45, 7) is 2.97. The van der Waals surface area contributed by atoms with Crippen LogP contribution < -0.4 is 0 Å². The molecular weight excluding hydrogens is 263 g/mol. The second-order valence-corrected chi connectivity index (χ2v) is 4.40. The number of aliphatic hydroxyl groups excluding tert-OH is 1. The summed E-state index contributed by atoms with van der Waals surface area (Å²) in [6.07, 6.45) is -3.07. The van der Waals surface area contributed by atoms with Gasteiger partial charge in [-0.05, 0) is 26.0 Å². The Balaban J connectivity index is 3.01. The lowest BCUT2D eigenvalue weighted by Crippen LogP contribution is -2.28. The van der Waals surface area contributed by atoms with Gasteiger partial charge in [-0.1, -0.05) is 17.7 Å². The number of benzene rings is 1. The van der Waals surface area contributed by atoms with Crippen molar-refractivity contribution in [3.63, 3.8) is 0 Å². The fraction of sp³-hybridized carbons (Fsp3) is 0.417. The Kier molecular flexibility index (Phi) is 5.07. The predicted molar refractivity (Wildman–Crippen MR) is 64.0 cm³/mol. The van der Waals surface area contributed by atoms with Crippen LogP contribution in [-0.2, 0) is 9.53 Å². The van der Waals surface area contributed by atoms with E-state index in [4.69, 9.17) is 21.4 Å². The minimum atomic E-state index is -1.48. The van der Waals surface area contributed by atoms with Crippen LogP contribution in [0.3, 0.4) is 0 Å². The monoisotopic (exact) mass is 276 g/mol. The van der Waals surface area contributed by atoms with E-state index >= 15 is 0 Å². The molecular formula is C12H14ClFO4. The van der Waals surface area contributed by atoms with E-state index in [0.717, 1.165) is 6.07 Å². The molecule has 1 aromatic rings. The number of carbonyl (C=O) groups is 1. The average Bonchev–Trinajstić information content (AvgIpc) is 2.26. The molecule has 6 heteroatoms. The van der Waals surface area contributed by atoms with Crippen LogP contribution in [0.5, 0.6) is 0 Å². The first kappa shape index (κ1) is 14.9. The average molecular weight is 277 g/mol. The molecule has 0 aliphatic rings. The first-order valence-corrected chi connectivity index (χ1v) is 5.72. The lowest BCUT2D eigenvalue weighted by Gasteiger charge is -2.21. The SMILES string of the molecule is CC(O)C(C)OC(C(=O)O)c1ccc(Cl)cc1F. The first-order valence-electron chi connectivity index (χ1n) is 5.34. The molecule has 2 N–H and O–H groups in total. The summed E-state index contributed by atoms with van der Waals surface area (Å²) in [7, 11) is 0. The zero-order chi connectivity index (χ0) is 13.9. The highest BCUT2D eigenvalue weighted by molar-refractivity contribution is 6.30. The van der Waals surface area contributed by atoms with Gasteiger partial charge >= 0.3 is 5.97 Å². The molecule has 0 heterocycles. The van der Waals surface area contributed by atoms with Gasteiger partial charge in [0.2, 0.25) is 0 Å². The summed E-state index contributed by atoms with van der Waals surface area (Å²) in [5.41, 5.74) is -0.126. The van der Waals surface area contributed by atoms with E-state index in [9.17, 15) is 14.3 Å². The number of carboxylic acids is 1. The molecule has 100 valence electrons. The van der Waals surface area contributed by atoms with Crippen LogP contribution in [0.15, 0.2) is 18.2 Å². The number of hydrogen-bond acceptors (Lipinski definition) is 3. The molecule has 3 atom stereocenters. The maximum Gasteiger partial charge on any atom is 0.337 e. The molecule has 0 fully saturated rings. The molecule has 0 amide bonds. The third-order valence-corrected chi connectivity index (χ3v) is 2.73. The van der Waals surface area contributed by atoms with Crippen LogP contribution in [0.4, 0.5) is 4.39 Å². The lowest BCUT2D eigenvalue weighted by molar-refractivity contribution is -0.158. The van der Waals surface area contributed by atoms with Gasteiger partial charge in [0, 0.05) is 10.6 Å². The van der Waals surface area contributed by atoms with Gasteiger partial charge in [0.25, 0.3) is 0 Å². The zero-order valence-electron chi connectivity index (χ0n) is 9.93. The van der Waals surface area contributed by atoms with Crippen LogP contribution in [0.25, 0.3) is 0 Å². The van der Waals surface area contributed by atoms with Crippen LogP contribution in [0.2, 0.25) is 5.02 Å². The van der Waals surface area contributed by atoms with Crippen molar-refractivity contribution in [1.82, 2.24) is 0 Å². The van der Waals surface area contributed by atoms with E-state index < -0.39 is 30.1 Å². The zero-order valence-corrected chi connectivity index (χ0v) is 10.7. The number of carboxylic acid groups (broad SMARTS) is 1. The molecule has 0 aliphatic heterocycles. The lowest BCUT2D eigenvalue weighted by atomic mass is 10.1. The first-order chi connectivity index (χ1) is 8.32. The normalized spacial score (nSPS) is 16.1. The van der Waals surface area contributed by atoms with Gasteiger partial charge < -0.3 is 14.9 Å². The Labute approximate surface area is 109 Å². The van der Waals surface area contributed by atoms with Crippen molar-refractivity contribution in [3.8, 4) is 0 Å². The minimum Gasteiger partial charge on any atom is -0.479 e. The molecule has 3 unspecified atom stereocenters. The van der Waals surface area contributed by atoms with Gasteiger partial charge in [0.05, 0.1) is 12.2 Å². The number of aliphatic hydroxyl groups is 1. The quantitative estimate of drug-likeness (QED) is 0.866. The van der Waals surface area contributed by atoms with E-state index in [1.54, 1.807) is 0 Å². The summed E-state index contributed by atoms with van der Waals surface area (Å²) in [6, 6.07) is 3.65. The Morgan fingerprint density at radius 1 is 1.44 bits per heavy atom. The summed E-state index contributed by atoms with van der Waals surface area (Å²) in [5.74, 6) is -2.09. The van der Waals surface area contributed by atoms with Crippen molar-refractivity contribution in [3.05, 3.63) is 34.6 Å². The summed E-state index contributed by atoms with van der Waals surface area (Å²) >= 11 is 5.59. The van der Waals surface area contributed by atoms with Crippen molar-refractivity contribution in [2.75, 3.05) is 0 Å². The van der Waals surface area contributed by atoms with Crippen LogP contribution in [0.1, 0.15) is 25.5 Å². The van der Waals surface area contributed by atoms with Crippen molar-refractivity contribution in [2.24, 2.45) is 0 Å². The maximum atomic E-state index is 13.6. The largest absolute Gasteiger partial charge is 0.479 e. The standard InChI is InChI=1S/C12H14ClFO4/c1-6(15)7(2)18-11(12(16)17)9-4-3-8(13)5-10(9)14/h3-7,11,15H,1-2H3,(H,16,17). The highest BCUT2D eigenvalue weighted by Gasteiger charge is 2.27. The van der Waals surface area contributed by atoms with E-state index in [1.807, 2.05) is 0 Å². The molecule has 0 radical (unpaired) electrons. The van der Waals surface area contributed by atoms with E-state index in [1.165, 1.54) is 26.0 Å². The Morgan fingerprint density at radius 3 is 2.50 bits per heavy atom. The number of aliphatic carboxylic acids is 1.